The number of ether oxygens (including phenoxy) is 1. The van der Waals surface area contributed by atoms with Gasteiger partial charge in [0.15, 0.2) is 17.4 Å². The molecule has 2 aromatic carbocycles. The summed E-state index contributed by atoms with van der Waals surface area (Å²) in [5.41, 5.74) is 8.42. The fraction of sp³-hybridized carbons (Fsp3) is 0.0800. The number of nitrogens with zero attached hydrogens (tertiary/aromatic N) is 4. The van der Waals surface area contributed by atoms with Crippen LogP contribution in [0.15, 0.2) is 67.1 Å². The first-order chi connectivity index (χ1) is 16.4. The van der Waals surface area contributed by atoms with Crippen LogP contribution in [0.3, 0.4) is 0 Å². The van der Waals surface area contributed by atoms with Gasteiger partial charge >= 0.3 is 0 Å². The van der Waals surface area contributed by atoms with Crippen molar-refractivity contribution in [3.63, 3.8) is 0 Å². The maximum absolute atomic E-state index is 15.1. The average molecular weight is 459 g/mol. The molecule has 0 aliphatic rings. The van der Waals surface area contributed by atoms with E-state index >= 15 is 4.39 Å². The number of hydrogen-bond acceptors (Lipinski definition) is 6. The number of pyridine rings is 1. The predicted octanol–water partition coefficient (Wildman–Crippen LogP) is 4.94. The summed E-state index contributed by atoms with van der Waals surface area (Å²) in [6, 6.07) is 14.9. The topological polar surface area (TPSA) is 99.1 Å². The van der Waals surface area contributed by atoms with E-state index in [0.29, 0.717) is 22.5 Å². The van der Waals surface area contributed by atoms with Crippen molar-refractivity contribution in [1.82, 2.24) is 19.5 Å². The van der Waals surface area contributed by atoms with Crippen molar-refractivity contribution in [2.45, 2.75) is 13.5 Å². The van der Waals surface area contributed by atoms with E-state index in [0.717, 1.165) is 11.6 Å². The maximum Gasteiger partial charge on any atom is 0.239 e. The normalized spacial score (nSPS) is 11.1. The highest BCUT2D eigenvalue weighted by Gasteiger charge is 2.25. The molecule has 0 amide bonds. The molecule has 0 spiro atoms. The number of aromatic nitrogens is 4. The molecular weight excluding hydrogens is 440 g/mol. The van der Waals surface area contributed by atoms with Crippen molar-refractivity contribution >= 4 is 16.7 Å². The number of aromatic hydroxyl groups is 1. The number of benzene rings is 2. The van der Waals surface area contributed by atoms with Crippen LogP contribution in [0.25, 0.3) is 28.1 Å². The molecule has 0 fully saturated rings. The summed E-state index contributed by atoms with van der Waals surface area (Å²) in [4.78, 5) is 12.2. The molecule has 7 nitrogen and oxygen atoms in total. The molecule has 34 heavy (non-hydrogen) atoms. The lowest BCUT2D eigenvalue weighted by atomic mass is 10.1. The lowest BCUT2D eigenvalue weighted by Crippen LogP contribution is -2.03. The summed E-state index contributed by atoms with van der Waals surface area (Å²) >= 11 is 0. The van der Waals surface area contributed by atoms with Gasteiger partial charge in [-0.25, -0.2) is 23.7 Å². The highest BCUT2D eigenvalue weighted by molar-refractivity contribution is 5.92. The zero-order valence-corrected chi connectivity index (χ0v) is 18.0. The van der Waals surface area contributed by atoms with Gasteiger partial charge in [-0.3, -0.25) is 0 Å². The Kier molecular flexibility index (Phi) is 5.29. The minimum atomic E-state index is -0.664. The maximum atomic E-state index is 15.1. The van der Waals surface area contributed by atoms with Crippen LogP contribution in [0.4, 0.5) is 14.5 Å². The van der Waals surface area contributed by atoms with Crippen molar-refractivity contribution in [3.05, 3.63) is 89.9 Å². The van der Waals surface area contributed by atoms with Gasteiger partial charge in [0.25, 0.3) is 0 Å². The first kappa shape index (κ1) is 21.3. The molecule has 0 saturated carbocycles. The average Bonchev–Trinajstić information content (AvgIpc) is 3.12. The number of nitrogen functional groups attached to an aromatic ring is 1. The van der Waals surface area contributed by atoms with Gasteiger partial charge in [-0.15, -0.1) is 0 Å². The molecule has 5 rings (SSSR count). The minimum absolute atomic E-state index is 0.0195. The summed E-state index contributed by atoms with van der Waals surface area (Å²) in [6.45, 7) is 1.91. The molecule has 0 radical (unpaired) electrons. The molecular formula is C25H19F2N5O2. The van der Waals surface area contributed by atoms with Gasteiger partial charge in [0.1, 0.15) is 24.1 Å². The monoisotopic (exact) mass is 459 g/mol. The van der Waals surface area contributed by atoms with Crippen LogP contribution < -0.4 is 10.5 Å². The van der Waals surface area contributed by atoms with Crippen LogP contribution in [0.2, 0.25) is 0 Å². The molecule has 3 N–H and O–H groups in total. The van der Waals surface area contributed by atoms with Crippen LogP contribution in [0.5, 0.6) is 11.6 Å². The summed E-state index contributed by atoms with van der Waals surface area (Å²) in [5.74, 6) is -1.57. The second-order valence-electron chi connectivity index (χ2n) is 7.69. The van der Waals surface area contributed by atoms with E-state index in [9.17, 15) is 9.50 Å². The van der Waals surface area contributed by atoms with Crippen molar-refractivity contribution in [3.8, 4) is 28.7 Å². The first-order valence-electron chi connectivity index (χ1n) is 10.4. The quantitative estimate of drug-likeness (QED) is 0.386. The van der Waals surface area contributed by atoms with E-state index in [1.54, 1.807) is 13.0 Å². The third-order valence-electron chi connectivity index (χ3n) is 5.46. The van der Waals surface area contributed by atoms with Gasteiger partial charge < -0.3 is 20.1 Å². The Labute approximate surface area is 193 Å². The lowest BCUT2D eigenvalue weighted by Gasteiger charge is -2.14. The largest absolute Gasteiger partial charge is 0.492 e. The molecule has 9 heteroatoms. The van der Waals surface area contributed by atoms with Crippen molar-refractivity contribution in [2.24, 2.45) is 0 Å². The summed E-state index contributed by atoms with van der Waals surface area (Å²) < 4.78 is 37.1. The smallest absolute Gasteiger partial charge is 0.239 e. The third kappa shape index (κ3) is 3.66. The minimum Gasteiger partial charge on any atom is -0.492 e. The standard InChI is InChI=1S/C25H19F2N5O2/c1-14-21-24(25(33)31-13-30-21)32(23(14)22-19(27)9-16(28)11-29-22)17-7-8-20(18(26)10-17)34-12-15-5-3-2-4-6-15/h2-11,13H,12,28H2,1H3,(H,30,31,33). The summed E-state index contributed by atoms with van der Waals surface area (Å²) in [6.07, 6.45) is 2.53. The van der Waals surface area contributed by atoms with Gasteiger partial charge in [-0.05, 0) is 24.6 Å². The van der Waals surface area contributed by atoms with Crippen molar-refractivity contribution in [1.29, 1.82) is 0 Å². The zero-order chi connectivity index (χ0) is 23.8. The molecule has 3 heterocycles. The van der Waals surface area contributed by atoms with E-state index < -0.39 is 11.6 Å². The predicted molar refractivity (Wildman–Crippen MR) is 124 cm³/mol. The molecule has 0 bridgehead atoms. The Balaban J connectivity index is 1.65. The van der Waals surface area contributed by atoms with Crippen LogP contribution in [0, 0.1) is 18.6 Å². The number of rotatable bonds is 5. The number of anilines is 1. The SMILES string of the molecule is Cc1c(-c2ncc(N)cc2F)n(-c2ccc(OCc3ccccc3)c(F)c2)c2c(O)ncnc12. The second-order valence-corrected chi connectivity index (χ2v) is 7.69. The Bertz CT molecular complexity index is 1520. The summed E-state index contributed by atoms with van der Waals surface area (Å²) in [5, 5.41) is 10.5. The number of halogens is 2. The third-order valence-corrected chi connectivity index (χ3v) is 5.46. The number of aryl methyl sites for hydroxylation is 1. The van der Waals surface area contributed by atoms with Crippen LogP contribution in [0.1, 0.15) is 11.1 Å². The van der Waals surface area contributed by atoms with E-state index in [2.05, 4.69) is 15.0 Å². The van der Waals surface area contributed by atoms with Crippen molar-refractivity contribution < 1.29 is 18.6 Å². The van der Waals surface area contributed by atoms with Crippen molar-refractivity contribution in [2.75, 3.05) is 5.73 Å². The first-order valence-corrected chi connectivity index (χ1v) is 10.4. The molecule has 3 aromatic heterocycles. The van der Waals surface area contributed by atoms with Crippen LogP contribution in [-0.4, -0.2) is 24.6 Å². The fourth-order valence-corrected chi connectivity index (χ4v) is 3.89. The molecule has 0 atom stereocenters. The Morgan fingerprint density at radius 2 is 1.79 bits per heavy atom. The molecule has 5 aromatic rings. The lowest BCUT2D eigenvalue weighted by molar-refractivity contribution is 0.290. The van der Waals surface area contributed by atoms with Gasteiger partial charge in [-0.1, -0.05) is 30.3 Å². The van der Waals surface area contributed by atoms with E-state index in [4.69, 9.17) is 10.5 Å². The number of fused-ring (bicyclic) bond motifs is 1. The molecule has 0 unspecified atom stereocenters. The van der Waals surface area contributed by atoms with Gasteiger partial charge in [0.2, 0.25) is 5.88 Å². The molecule has 0 saturated heterocycles. The number of nitrogens with two attached hydrogens (primary N) is 1. The molecule has 170 valence electrons. The van der Waals surface area contributed by atoms with Gasteiger partial charge in [0, 0.05) is 23.4 Å². The highest BCUT2D eigenvalue weighted by Crippen LogP contribution is 2.38. The Morgan fingerprint density at radius 1 is 1.00 bits per heavy atom. The van der Waals surface area contributed by atoms with E-state index in [1.165, 1.54) is 29.2 Å². The zero-order valence-electron chi connectivity index (χ0n) is 18.0. The van der Waals surface area contributed by atoms with Gasteiger partial charge in [-0.2, -0.15) is 0 Å². The Hall–Kier alpha value is -4.53. The second kappa shape index (κ2) is 8.43. The highest BCUT2D eigenvalue weighted by atomic mass is 19.1. The van der Waals surface area contributed by atoms with E-state index in [1.807, 2.05) is 30.3 Å². The fourth-order valence-electron chi connectivity index (χ4n) is 3.89. The van der Waals surface area contributed by atoms with Crippen LogP contribution in [-0.2, 0) is 6.61 Å². The summed E-state index contributed by atoms with van der Waals surface area (Å²) in [7, 11) is 0. The molecule has 0 aliphatic carbocycles. The molecule has 0 aliphatic heterocycles. The van der Waals surface area contributed by atoms with Gasteiger partial charge in [0.05, 0.1) is 23.1 Å². The van der Waals surface area contributed by atoms with Crippen LogP contribution >= 0.6 is 0 Å². The number of hydrogen-bond donors (Lipinski definition) is 2. The Morgan fingerprint density at radius 3 is 2.53 bits per heavy atom. The van der Waals surface area contributed by atoms with E-state index in [-0.39, 0.29) is 35.1 Å².